The van der Waals surface area contributed by atoms with E-state index in [1.165, 1.54) is 44.6 Å². The van der Waals surface area contributed by atoms with Crippen LogP contribution in [0.15, 0.2) is 93.2 Å². The predicted octanol–water partition coefficient (Wildman–Crippen LogP) is 14.1. The van der Waals surface area contributed by atoms with E-state index in [4.69, 9.17) is 37.9 Å². The van der Waals surface area contributed by atoms with E-state index in [0.717, 1.165) is 103 Å². The average molecular weight is 1370 g/mol. The van der Waals surface area contributed by atoms with Crippen molar-refractivity contribution in [3.05, 3.63) is 93.2 Å². The van der Waals surface area contributed by atoms with E-state index in [1.54, 1.807) is 0 Å². The Balaban J connectivity index is 1.25. The Bertz CT molecular complexity index is 2380. The first-order valence-electron chi connectivity index (χ1n) is 36.8. The molecule has 0 aromatic rings. The molecule has 0 spiro atoms. The number of esters is 8. The molecule has 4 unspecified atom stereocenters. The second-order valence-corrected chi connectivity index (χ2v) is 27.9. The van der Waals surface area contributed by atoms with Crippen molar-refractivity contribution in [2.45, 2.75) is 222 Å². The second-order valence-electron chi connectivity index (χ2n) is 27.9. The molecule has 4 rings (SSSR count). The third kappa shape index (κ3) is 39.4. The van der Waals surface area contributed by atoms with Gasteiger partial charge in [-0.3, -0.25) is 38.4 Å². The highest BCUT2D eigenvalue weighted by molar-refractivity contribution is 5.75. The fraction of sp³-hybridized carbons (Fsp3) is 0.696. The van der Waals surface area contributed by atoms with E-state index < -0.39 is 23.9 Å². The Morgan fingerprint density at radius 2 is 0.561 bits per heavy atom. The van der Waals surface area contributed by atoms with Crippen LogP contribution in [0, 0.1) is 23.7 Å². The lowest BCUT2D eigenvalue weighted by molar-refractivity contribution is -0.155. The summed E-state index contributed by atoms with van der Waals surface area (Å²) >= 11 is 0. The first-order chi connectivity index (χ1) is 47.1. The summed E-state index contributed by atoms with van der Waals surface area (Å²) in [5.74, 6) is -3.75. The zero-order chi connectivity index (χ0) is 71.3. The summed E-state index contributed by atoms with van der Waals surface area (Å²) in [4.78, 5) is 110. The summed E-state index contributed by atoms with van der Waals surface area (Å²) in [5.41, 5.74) is 10.7. The number of carbonyl (C=O) groups excluding carboxylic acids is 8. The Labute approximate surface area is 587 Å². The van der Waals surface area contributed by atoms with E-state index in [-0.39, 0.29) is 126 Å². The van der Waals surface area contributed by atoms with Gasteiger partial charge >= 0.3 is 47.8 Å². The molecule has 0 aliphatic heterocycles. The Morgan fingerprint density at radius 1 is 0.337 bits per heavy atom. The molecule has 0 saturated carbocycles. The summed E-state index contributed by atoms with van der Waals surface area (Å²) < 4.78 is 44.0. The zero-order valence-corrected chi connectivity index (χ0v) is 61.5. The van der Waals surface area contributed by atoms with Crippen molar-refractivity contribution in [2.24, 2.45) is 23.7 Å². The number of rotatable bonds is 48. The van der Waals surface area contributed by atoms with Crippen molar-refractivity contribution in [2.75, 3.05) is 112 Å². The first-order valence-corrected chi connectivity index (χ1v) is 36.8. The normalized spacial score (nSPS) is 17.6. The van der Waals surface area contributed by atoms with Gasteiger partial charge in [0, 0.05) is 26.2 Å². The molecule has 4 aliphatic rings. The lowest BCUT2D eigenvalue weighted by atomic mass is 9.88. The van der Waals surface area contributed by atoms with Gasteiger partial charge in [-0.15, -0.1) is 0 Å². The maximum Gasteiger partial charge on any atom is 0.309 e. The van der Waals surface area contributed by atoms with Crippen LogP contribution in [0.25, 0.3) is 0 Å². The average Bonchev–Trinajstić information content (AvgIpc) is 0.948. The largest absolute Gasteiger partial charge is 0.462 e. The topological polar surface area (TPSA) is 220 Å². The Morgan fingerprint density at radius 3 is 0.765 bits per heavy atom. The van der Waals surface area contributed by atoms with Gasteiger partial charge in [-0.2, -0.15) is 0 Å². The highest BCUT2D eigenvalue weighted by Crippen LogP contribution is 2.31. The molecule has 4 atom stereocenters. The smallest absolute Gasteiger partial charge is 0.309 e. The minimum Gasteiger partial charge on any atom is -0.462 e. The number of nitrogens with zero attached hydrogens (tertiary/aromatic N) is 3. The molecule has 19 heteroatoms. The maximum absolute atomic E-state index is 13.0. The van der Waals surface area contributed by atoms with Crippen molar-refractivity contribution in [3.8, 4) is 0 Å². The third-order valence-corrected chi connectivity index (χ3v) is 18.3. The monoisotopic (exact) mass is 1370 g/mol. The van der Waals surface area contributed by atoms with Crippen LogP contribution in [0.3, 0.4) is 0 Å². The third-order valence-electron chi connectivity index (χ3n) is 18.3. The molecule has 0 bridgehead atoms. The van der Waals surface area contributed by atoms with E-state index in [0.29, 0.717) is 90.9 Å². The highest BCUT2D eigenvalue weighted by atomic mass is 16.6. The van der Waals surface area contributed by atoms with E-state index in [2.05, 4.69) is 109 Å². The molecule has 0 fully saturated rings. The van der Waals surface area contributed by atoms with Gasteiger partial charge in [0.15, 0.2) is 0 Å². The van der Waals surface area contributed by atoms with Crippen LogP contribution in [0.1, 0.15) is 222 Å². The van der Waals surface area contributed by atoms with Gasteiger partial charge in [0.1, 0.15) is 52.9 Å². The van der Waals surface area contributed by atoms with Crippen molar-refractivity contribution >= 4 is 47.8 Å². The van der Waals surface area contributed by atoms with Gasteiger partial charge in [0.25, 0.3) is 0 Å². The number of carbonyl (C=O) groups is 8. The van der Waals surface area contributed by atoms with E-state index in [9.17, 15) is 38.4 Å². The quantitative estimate of drug-likeness (QED) is 0.0239. The number of allylic oxidation sites excluding steroid dienone is 16. The minimum atomic E-state index is -0.449. The maximum atomic E-state index is 13.0. The molecule has 0 saturated heterocycles. The van der Waals surface area contributed by atoms with Gasteiger partial charge in [0.05, 0.1) is 49.4 Å². The van der Waals surface area contributed by atoms with Crippen LogP contribution >= 0.6 is 0 Å². The molecule has 19 nitrogen and oxygen atoms in total. The highest BCUT2D eigenvalue weighted by Gasteiger charge is 2.27. The lowest BCUT2D eigenvalue weighted by Crippen LogP contribution is -2.34. The molecule has 550 valence electrons. The number of ether oxygens (including phenoxy) is 8. The molecule has 0 radical (unpaired) electrons. The Kier molecular flexibility index (Phi) is 42.8. The van der Waals surface area contributed by atoms with Crippen molar-refractivity contribution < 1.29 is 76.3 Å². The Hall–Kier alpha value is -6.44. The second kappa shape index (κ2) is 50.0. The summed E-state index contributed by atoms with van der Waals surface area (Å²) in [6.07, 6.45) is 36.1. The number of hydrogen-bond acceptors (Lipinski definition) is 19. The van der Waals surface area contributed by atoms with Crippen LogP contribution in [-0.4, -0.2) is 175 Å². The van der Waals surface area contributed by atoms with E-state index >= 15 is 0 Å². The number of hydrogen-bond donors (Lipinski definition) is 0. The first kappa shape index (κ1) is 84.0. The molecule has 0 amide bonds. The van der Waals surface area contributed by atoms with Crippen LogP contribution in [0.4, 0.5) is 0 Å². The van der Waals surface area contributed by atoms with Crippen LogP contribution in [0.2, 0.25) is 0 Å². The van der Waals surface area contributed by atoms with Gasteiger partial charge in [0.2, 0.25) is 0 Å². The SMILES string of the molecule is CC(C)=CCCC1=CCC(C(=O)OCCOC(=O)CCN(CCCN(C)CCCN(CCC(=O)OCCOC(=O)C2CC=C(CCC=C(C)C)CC2)CCC(=O)OCCOC(=O)C2CC=C(CCC=C(C)C)CC2)CCC(=O)OCCOC(=O)C2CC=C(CCC=C(C)C)CC2)CC1. The summed E-state index contributed by atoms with van der Waals surface area (Å²) in [5, 5.41) is 0. The van der Waals surface area contributed by atoms with Gasteiger partial charge < -0.3 is 52.6 Å². The van der Waals surface area contributed by atoms with Gasteiger partial charge in [-0.1, -0.05) is 93.2 Å². The van der Waals surface area contributed by atoms with Crippen molar-refractivity contribution in [1.82, 2.24) is 14.7 Å². The fourth-order valence-corrected chi connectivity index (χ4v) is 12.4. The molecule has 0 aromatic heterocycles. The summed E-state index contributed by atoms with van der Waals surface area (Å²) in [6, 6.07) is 0. The summed E-state index contributed by atoms with van der Waals surface area (Å²) in [6.45, 7) is 20.1. The van der Waals surface area contributed by atoms with Crippen LogP contribution in [-0.2, 0) is 76.3 Å². The van der Waals surface area contributed by atoms with Crippen molar-refractivity contribution in [3.63, 3.8) is 0 Å². The van der Waals surface area contributed by atoms with Crippen LogP contribution < -0.4 is 0 Å². The van der Waals surface area contributed by atoms with Crippen molar-refractivity contribution in [1.29, 1.82) is 0 Å². The fourth-order valence-electron chi connectivity index (χ4n) is 12.4. The molecule has 4 aliphatic carbocycles. The van der Waals surface area contributed by atoms with Crippen LogP contribution in [0.5, 0.6) is 0 Å². The summed E-state index contributed by atoms with van der Waals surface area (Å²) in [7, 11) is 2.01. The van der Waals surface area contributed by atoms with Gasteiger partial charge in [-0.25, -0.2) is 0 Å². The molecule has 98 heavy (non-hydrogen) atoms. The standard InChI is InChI=1S/C79H123N3O16/c1-60(2)16-10-20-64-24-32-68(33-25-64)76(87)95-56-52-91-72(83)40-48-81(49-41-73(84)92-53-57-96-77(88)69-34-26-65(27-35-69)21-11-17-61(3)4)46-14-44-80(9)45-15-47-82(50-42-74(85)93-54-58-97-78(89)70-36-28-66(29-37-70)22-12-18-62(5)6)51-43-75(86)94-55-59-98-79(90)71-38-30-67(31-39-71)23-13-19-63(7)8/h16-19,24,26,28,30,68-71H,10-15,20-23,25,27,29,31-59H2,1-9H3. The minimum absolute atomic E-state index is 0.0310. The lowest BCUT2D eigenvalue weighted by Gasteiger charge is -2.25. The molecule has 0 aromatic carbocycles. The molecular weight excluding hydrogens is 1250 g/mol. The predicted molar refractivity (Wildman–Crippen MR) is 382 cm³/mol. The zero-order valence-electron chi connectivity index (χ0n) is 61.5. The molecular formula is C79H123N3O16. The van der Waals surface area contributed by atoms with E-state index in [1.807, 2.05) is 16.8 Å². The molecule has 0 N–H and O–H groups in total. The van der Waals surface area contributed by atoms with Gasteiger partial charge in [-0.05, 0) is 230 Å². The molecule has 0 heterocycles.